The number of amides is 3. The molecule has 0 aliphatic carbocycles. The number of hydrogen-bond acceptors (Lipinski definition) is 4. The first-order valence-corrected chi connectivity index (χ1v) is 8.04. The fourth-order valence-electron chi connectivity index (χ4n) is 2.66. The van der Waals surface area contributed by atoms with Gasteiger partial charge in [-0.3, -0.25) is 19.3 Å². The highest BCUT2D eigenvalue weighted by atomic mass is 16.2. The van der Waals surface area contributed by atoms with E-state index in [1.54, 1.807) is 17.0 Å². The highest BCUT2D eigenvalue weighted by molar-refractivity contribution is 6.02. The van der Waals surface area contributed by atoms with Crippen LogP contribution in [-0.2, 0) is 20.9 Å². The van der Waals surface area contributed by atoms with Crippen molar-refractivity contribution in [3.05, 3.63) is 35.4 Å². The predicted molar refractivity (Wildman–Crippen MR) is 87.4 cm³/mol. The number of benzene rings is 1. The Bertz CT molecular complexity index is 658. The van der Waals surface area contributed by atoms with Gasteiger partial charge in [0.1, 0.15) is 0 Å². The summed E-state index contributed by atoms with van der Waals surface area (Å²) in [7, 11) is 0. The lowest BCUT2D eigenvalue weighted by atomic mass is 10.1. The van der Waals surface area contributed by atoms with Crippen LogP contribution >= 0.6 is 0 Å². The number of nitrogens with zero attached hydrogens (tertiary/aromatic N) is 3. The van der Waals surface area contributed by atoms with Crippen molar-refractivity contribution in [3.63, 3.8) is 0 Å². The van der Waals surface area contributed by atoms with E-state index in [0.717, 1.165) is 5.56 Å². The van der Waals surface area contributed by atoms with Gasteiger partial charge in [0.25, 0.3) is 0 Å². The van der Waals surface area contributed by atoms with Crippen LogP contribution in [0.25, 0.3) is 0 Å². The van der Waals surface area contributed by atoms with Crippen LogP contribution in [0.3, 0.4) is 0 Å². The van der Waals surface area contributed by atoms with E-state index in [0.29, 0.717) is 12.1 Å². The molecule has 1 aliphatic heterocycles. The molecule has 3 amide bonds. The predicted octanol–water partition coefficient (Wildman–Crippen LogP) is 1.83. The second-order valence-electron chi connectivity index (χ2n) is 6.11. The van der Waals surface area contributed by atoms with Crippen LogP contribution in [0.5, 0.6) is 0 Å². The number of rotatable bonds is 6. The Labute approximate surface area is 141 Å². The summed E-state index contributed by atoms with van der Waals surface area (Å²) in [5.74, 6) is -0.492. The number of imide groups is 1. The van der Waals surface area contributed by atoms with Crippen molar-refractivity contribution >= 4 is 17.7 Å². The summed E-state index contributed by atoms with van der Waals surface area (Å²) in [6.07, 6.45) is 0.615. The van der Waals surface area contributed by atoms with E-state index in [-0.39, 0.29) is 49.6 Å². The molecule has 0 aromatic heterocycles. The summed E-state index contributed by atoms with van der Waals surface area (Å²) in [6.45, 7) is 4.43. The topological polar surface area (TPSA) is 81.5 Å². The van der Waals surface area contributed by atoms with Crippen molar-refractivity contribution in [1.29, 1.82) is 5.26 Å². The van der Waals surface area contributed by atoms with Crippen molar-refractivity contribution in [2.75, 3.05) is 6.54 Å². The van der Waals surface area contributed by atoms with Crippen LogP contribution in [-0.4, -0.2) is 40.1 Å². The third-order valence-electron chi connectivity index (χ3n) is 4.08. The van der Waals surface area contributed by atoms with E-state index < -0.39 is 0 Å². The molecule has 1 fully saturated rings. The fourth-order valence-corrected chi connectivity index (χ4v) is 2.66. The van der Waals surface area contributed by atoms with Gasteiger partial charge in [0.05, 0.1) is 11.6 Å². The molecule has 0 N–H and O–H groups in total. The summed E-state index contributed by atoms with van der Waals surface area (Å²) in [6, 6.07) is 9.16. The molecular weight excluding hydrogens is 306 g/mol. The van der Waals surface area contributed by atoms with Crippen LogP contribution < -0.4 is 0 Å². The summed E-state index contributed by atoms with van der Waals surface area (Å²) < 4.78 is 0. The van der Waals surface area contributed by atoms with Crippen LogP contribution in [0.1, 0.15) is 44.2 Å². The zero-order valence-corrected chi connectivity index (χ0v) is 14.0. The quantitative estimate of drug-likeness (QED) is 0.747. The minimum atomic E-state index is -0.198. The van der Waals surface area contributed by atoms with Gasteiger partial charge in [-0.15, -0.1) is 0 Å². The van der Waals surface area contributed by atoms with E-state index in [1.807, 2.05) is 26.0 Å². The Hall–Kier alpha value is -2.68. The van der Waals surface area contributed by atoms with Crippen molar-refractivity contribution < 1.29 is 14.4 Å². The first-order valence-electron chi connectivity index (χ1n) is 8.04. The van der Waals surface area contributed by atoms with E-state index >= 15 is 0 Å². The highest BCUT2D eigenvalue weighted by Crippen LogP contribution is 2.15. The van der Waals surface area contributed by atoms with Crippen molar-refractivity contribution in [3.8, 4) is 6.07 Å². The van der Waals surface area contributed by atoms with Gasteiger partial charge in [-0.05, 0) is 31.5 Å². The van der Waals surface area contributed by atoms with Gasteiger partial charge in [-0.25, -0.2) is 0 Å². The Morgan fingerprint density at radius 1 is 1.21 bits per heavy atom. The Balaban J connectivity index is 1.98. The summed E-state index contributed by atoms with van der Waals surface area (Å²) in [5.41, 5.74) is 1.51. The second kappa shape index (κ2) is 7.73. The maximum atomic E-state index is 12.5. The smallest absolute Gasteiger partial charge is 0.229 e. The zero-order valence-electron chi connectivity index (χ0n) is 14.0. The highest BCUT2D eigenvalue weighted by Gasteiger charge is 2.29. The molecule has 1 aromatic carbocycles. The van der Waals surface area contributed by atoms with Crippen molar-refractivity contribution in [1.82, 2.24) is 9.80 Å². The normalized spacial score (nSPS) is 14.2. The van der Waals surface area contributed by atoms with Crippen molar-refractivity contribution in [2.24, 2.45) is 0 Å². The van der Waals surface area contributed by atoms with Crippen LogP contribution in [0.4, 0.5) is 0 Å². The number of hydrogen-bond donors (Lipinski definition) is 0. The molecule has 126 valence electrons. The molecule has 1 saturated heterocycles. The second-order valence-corrected chi connectivity index (χ2v) is 6.11. The molecule has 24 heavy (non-hydrogen) atoms. The third-order valence-corrected chi connectivity index (χ3v) is 4.08. The first-order chi connectivity index (χ1) is 11.4. The number of likely N-dealkylation sites (tertiary alicyclic amines) is 1. The molecule has 6 heteroatoms. The van der Waals surface area contributed by atoms with Gasteiger partial charge in [-0.2, -0.15) is 5.26 Å². The summed E-state index contributed by atoms with van der Waals surface area (Å²) in [4.78, 5) is 38.6. The molecule has 0 radical (unpaired) electrons. The summed E-state index contributed by atoms with van der Waals surface area (Å²) in [5, 5.41) is 8.83. The van der Waals surface area contributed by atoms with Gasteiger partial charge in [0.2, 0.25) is 17.7 Å². The largest absolute Gasteiger partial charge is 0.336 e. The monoisotopic (exact) mass is 327 g/mol. The number of nitriles is 1. The van der Waals surface area contributed by atoms with Gasteiger partial charge < -0.3 is 4.90 Å². The van der Waals surface area contributed by atoms with Gasteiger partial charge in [0, 0.05) is 38.4 Å². The average molecular weight is 327 g/mol. The molecule has 0 bridgehead atoms. The molecule has 0 saturated carbocycles. The average Bonchev–Trinajstić information content (AvgIpc) is 2.89. The zero-order chi connectivity index (χ0) is 17.7. The minimum absolute atomic E-state index is 0.00174. The number of carbonyl (C=O) groups excluding carboxylic acids is 3. The van der Waals surface area contributed by atoms with Crippen LogP contribution in [0, 0.1) is 11.3 Å². The molecule has 6 nitrogen and oxygen atoms in total. The standard InChI is InChI=1S/C18H21N3O3/c1-13(2)21(12-15-5-3-14(11-19)4-6-15)18(24)9-10-20-16(22)7-8-17(20)23/h3-6,13H,7-10,12H2,1-2H3. The lowest BCUT2D eigenvalue weighted by Crippen LogP contribution is -2.39. The summed E-state index contributed by atoms with van der Waals surface area (Å²) >= 11 is 0. The van der Waals surface area contributed by atoms with E-state index in [2.05, 4.69) is 6.07 Å². The minimum Gasteiger partial charge on any atom is -0.336 e. The fraction of sp³-hybridized carbons (Fsp3) is 0.444. The molecule has 1 heterocycles. The van der Waals surface area contributed by atoms with E-state index in [1.165, 1.54) is 4.90 Å². The van der Waals surface area contributed by atoms with E-state index in [9.17, 15) is 14.4 Å². The molecule has 1 aromatic rings. The van der Waals surface area contributed by atoms with Gasteiger partial charge in [0.15, 0.2) is 0 Å². The van der Waals surface area contributed by atoms with Crippen LogP contribution in [0.2, 0.25) is 0 Å². The lowest BCUT2D eigenvalue weighted by Gasteiger charge is -2.27. The SMILES string of the molecule is CC(C)N(Cc1ccc(C#N)cc1)C(=O)CCN1C(=O)CCC1=O. The van der Waals surface area contributed by atoms with Crippen LogP contribution in [0.15, 0.2) is 24.3 Å². The van der Waals surface area contributed by atoms with Crippen molar-refractivity contribution in [2.45, 2.75) is 45.7 Å². The number of carbonyl (C=O) groups is 3. The van der Waals surface area contributed by atoms with Gasteiger partial charge >= 0.3 is 0 Å². The Kier molecular flexibility index (Phi) is 5.69. The molecule has 1 aliphatic rings. The Morgan fingerprint density at radius 2 is 1.79 bits per heavy atom. The molecule has 0 unspecified atom stereocenters. The molecule has 0 spiro atoms. The van der Waals surface area contributed by atoms with Gasteiger partial charge in [-0.1, -0.05) is 12.1 Å². The lowest BCUT2D eigenvalue weighted by molar-refractivity contribution is -0.139. The maximum Gasteiger partial charge on any atom is 0.229 e. The first kappa shape index (κ1) is 17.7. The van der Waals surface area contributed by atoms with E-state index in [4.69, 9.17) is 5.26 Å². The molecule has 2 rings (SSSR count). The molecular formula is C18H21N3O3. The third kappa shape index (κ3) is 4.19. The Morgan fingerprint density at radius 3 is 2.29 bits per heavy atom. The molecule has 0 atom stereocenters. The maximum absolute atomic E-state index is 12.5.